The standard InChI is InChI=1S/C15H23NO5/c1-11-5-6-13(14(7-11)20-4)21-10-15(18)16(2)8-12(17)9-19-3/h5-7,12,17H,8-10H2,1-4H3. The average Bonchev–Trinajstić information content (AvgIpc) is 2.45. The molecule has 1 aromatic rings. The number of aliphatic hydroxyl groups is 1. The highest BCUT2D eigenvalue weighted by atomic mass is 16.5. The van der Waals surface area contributed by atoms with Crippen molar-refractivity contribution in [3.63, 3.8) is 0 Å². The Morgan fingerprint density at radius 2 is 2.05 bits per heavy atom. The van der Waals surface area contributed by atoms with E-state index in [9.17, 15) is 9.90 Å². The van der Waals surface area contributed by atoms with Gasteiger partial charge in [0.25, 0.3) is 5.91 Å². The summed E-state index contributed by atoms with van der Waals surface area (Å²) >= 11 is 0. The van der Waals surface area contributed by atoms with Crippen LogP contribution in [0.1, 0.15) is 5.56 Å². The first-order chi connectivity index (χ1) is 9.97. The van der Waals surface area contributed by atoms with Crippen molar-refractivity contribution < 1.29 is 24.1 Å². The van der Waals surface area contributed by atoms with Crippen LogP contribution in [0.25, 0.3) is 0 Å². The summed E-state index contributed by atoms with van der Waals surface area (Å²) in [5.41, 5.74) is 1.05. The van der Waals surface area contributed by atoms with E-state index < -0.39 is 6.10 Å². The van der Waals surface area contributed by atoms with Crippen LogP contribution >= 0.6 is 0 Å². The first-order valence-electron chi connectivity index (χ1n) is 6.66. The molecule has 0 bridgehead atoms. The number of methoxy groups -OCH3 is 2. The van der Waals surface area contributed by atoms with Crippen LogP contribution in [0.4, 0.5) is 0 Å². The molecule has 1 unspecified atom stereocenters. The van der Waals surface area contributed by atoms with Crippen LogP contribution in [0.3, 0.4) is 0 Å². The summed E-state index contributed by atoms with van der Waals surface area (Å²) in [7, 11) is 4.66. The van der Waals surface area contributed by atoms with E-state index in [0.29, 0.717) is 11.5 Å². The molecule has 1 rings (SSSR count). The molecule has 1 amide bonds. The quantitative estimate of drug-likeness (QED) is 0.770. The molecule has 1 N–H and O–H groups in total. The Labute approximate surface area is 125 Å². The number of aryl methyl sites for hydroxylation is 1. The van der Waals surface area contributed by atoms with Gasteiger partial charge in [-0.2, -0.15) is 0 Å². The van der Waals surface area contributed by atoms with Gasteiger partial charge in [-0.15, -0.1) is 0 Å². The zero-order valence-electron chi connectivity index (χ0n) is 13.0. The lowest BCUT2D eigenvalue weighted by Crippen LogP contribution is -2.38. The number of hydrogen-bond acceptors (Lipinski definition) is 5. The van der Waals surface area contributed by atoms with Crippen molar-refractivity contribution in [3.8, 4) is 11.5 Å². The van der Waals surface area contributed by atoms with E-state index in [1.807, 2.05) is 19.1 Å². The molecule has 6 heteroatoms. The highest BCUT2D eigenvalue weighted by molar-refractivity contribution is 5.77. The third kappa shape index (κ3) is 5.61. The highest BCUT2D eigenvalue weighted by Gasteiger charge is 2.15. The predicted molar refractivity (Wildman–Crippen MR) is 78.7 cm³/mol. The highest BCUT2D eigenvalue weighted by Crippen LogP contribution is 2.27. The average molecular weight is 297 g/mol. The molecule has 118 valence electrons. The molecular formula is C15H23NO5. The van der Waals surface area contributed by atoms with E-state index in [1.165, 1.54) is 12.0 Å². The maximum atomic E-state index is 11.9. The molecule has 0 saturated heterocycles. The van der Waals surface area contributed by atoms with Gasteiger partial charge in [0.1, 0.15) is 0 Å². The molecule has 1 aromatic carbocycles. The summed E-state index contributed by atoms with van der Waals surface area (Å²) in [6, 6.07) is 5.49. The topological polar surface area (TPSA) is 68.2 Å². The second kappa shape index (κ2) is 8.49. The summed E-state index contributed by atoms with van der Waals surface area (Å²) < 4.78 is 15.5. The van der Waals surface area contributed by atoms with E-state index in [2.05, 4.69) is 0 Å². The summed E-state index contributed by atoms with van der Waals surface area (Å²) in [6.07, 6.45) is -0.710. The number of benzene rings is 1. The van der Waals surface area contributed by atoms with Gasteiger partial charge in [-0.1, -0.05) is 6.07 Å². The molecule has 0 aliphatic carbocycles. The smallest absolute Gasteiger partial charge is 0.260 e. The largest absolute Gasteiger partial charge is 0.493 e. The molecule has 0 fully saturated rings. The maximum absolute atomic E-state index is 11.9. The van der Waals surface area contributed by atoms with Crippen LogP contribution in [0.5, 0.6) is 11.5 Å². The number of rotatable bonds is 8. The number of likely N-dealkylation sites (N-methyl/N-ethyl adjacent to an activating group) is 1. The fraction of sp³-hybridized carbons (Fsp3) is 0.533. The molecule has 0 radical (unpaired) electrons. The molecule has 21 heavy (non-hydrogen) atoms. The Balaban J connectivity index is 2.52. The number of aliphatic hydroxyl groups excluding tert-OH is 1. The van der Waals surface area contributed by atoms with Gasteiger partial charge in [0.05, 0.1) is 19.8 Å². The van der Waals surface area contributed by atoms with Gasteiger partial charge in [-0.3, -0.25) is 4.79 Å². The second-order valence-electron chi connectivity index (χ2n) is 4.83. The molecular weight excluding hydrogens is 274 g/mol. The number of carbonyl (C=O) groups excluding carboxylic acids is 1. The zero-order chi connectivity index (χ0) is 15.8. The van der Waals surface area contributed by atoms with E-state index in [-0.39, 0.29) is 25.7 Å². The van der Waals surface area contributed by atoms with Crippen molar-refractivity contribution in [2.75, 3.05) is 41.0 Å². The molecule has 0 aliphatic heterocycles. The van der Waals surface area contributed by atoms with Crippen molar-refractivity contribution in [3.05, 3.63) is 23.8 Å². The second-order valence-corrected chi connectivity index (χ2v) is 4.83. The molecule has 0 heterocycles. The van der Waals surface area contributed by atoms with E-state index >= 15 is 0 Å². The lowest BCUT2D eigenvalue weighted by atomic mass is 10.2. The number of amides is 1. The summed E-state index contributed by atoms with van der Waals surface area (Å²) in [5.74, 6) is 0.875. The maximum Gasteiger partial charge on any atom is 0.260 e. The predicted octanol–water partition coefficient (Wildman–Crippen LogP) is 0.848. The zero-order valence-corrected chi connectivity index (χ0v) is 13.0. The van der Waals surface area contributed by atoms with Crippen molar-refractivity contribution in [2.24, 2.45) is 0 Å². The monoisotopic (exact) mass is 297 g/mol. The van der Waals surface area contributed by atoms with E-state index in [4.69, 9.17) is 14.2 Å². The minimum atomic E-state index is -0.710. The van der Waals surface area contributed by atoms with Gasteiger partial charge >= 0.3 is 0 Å². The Morgan fingerprint density at radius 1 is 1.33 bits per heavy atom. The number of carbonyl (C=O) groups is 1. The first-order valence-corrected chi connectivity index (χ1v) is 6.66. The van der Waals surface area contributed by atoms with Gasteiger partial charge < -0.3 is 24.2 Å². The number of hydrogen-bond donors (Lipinski definition) is 1. The van der Waals surface area contributed by atoms with Gasteiger partial charge in [-0.25, -0.2) is 0 Å². The lowest BCUT2D eigenvalue weighted by Gasteiger charge is -2.21. The number of ether oxygens (including phenoxy) is 3. The van der Waals surface area contributed by atoms with E-state index in [1.54, 1.807) is 20.2 Å². The molecule has 0 aliphatic rings. The SMILES string of the molecule is COCC(O)CN(C)C(=O)COc1ccc(C)cc1OC. The van der Waals surface area contributed by atoms with Crippen LogP contribution in [0, 0.1) is 6.92 Å². The van der Waals surface area contributed by atoms with Gasteiger partial charge in [0, 0.05) is 20.7 Å². The minimum Gasteiger partial charge on any atom is -0.493 e. The fourth-order valence-electron chi connectivity index (χ4n) is 1.81. The molecule has 6 nitrogen and oxygen atoms in total. The molecule has 0 aromatic heterocycles. The van der Waals surface area contributed by atoms with Crippen LogP contribution in [0.2, 0.25) is 0 Å². The fourth-order valence-corrected chi connectivity index (χ4v) is 1.81. The van der Waals surface area contributed by atoms with Crippen molar-refractivity contribution in [1.82, 2.24) is 4.90 Å². The van der Waals surface area contributed by atoms with E-state index in [0.717, 1.165) is 5.56 Å². The van der Waals surface area contributed by atoms with Gasteiger partial charge in [-0.05, 0) is 24.6 Å². The normalized spacial score (nSPS) is 11.9. The summed E-state index contributed by atoms with van der Waals surface area (Å²) in [6.45, 7) is 2.21. The molecule has 0 saturated carbocycles. The van der Waals surface area contributed by atoms with Crippen molar-refractivity contribution >= 4 is 5.91 Å². The Kier molecular flexibility index (Phi) is 6.98. The van der Waals surface area contributed by atoms with Crippen LogP contribution < -0.4 is 9.47 Å². The first kappa shape index (κ1) is 17.3. The molecule has 0 spiro atoms. The third-order valence-electron chi connectivity index (χ3n) is 2.94. The van der Waals surface area contributed by atoms with Gasteiger partial charge in [0.15, 0.2) is 18.1 Å². The van der Waals surface area contributed by atoms with Crippen molar-refractivity contribution in [1.29, 1.82) is 0 Å². The van der Waals surface area contributed by atoms with Crippen LogP contribution in [-0.2, 0) is 9.53 Å². The third-order valence-corrected chi connectivity index (χ3v) is 2.94. The van der Waals surface area contributed by atoms with Crippen molar-refractivity contribution in [2.45, 2.75) is 13.0 Å². The van der Waals surface area contributed by atoms with Crippen LogP contribution in [-0.4, -0.2) is 63.0 Å². The minimum absolute atomic E-state index is 0.115. The summed E-state index contributed by atoms with van der Waals surface area (Å²) in [5, 5.41) is 9.59. The Bertz CT molecular complexity index is 463. The Morgan fingerprint density at radius 3 is 2.67 bits per heavy atom. The van der Waals surface area contributed by atoms with Crippen LogP contribution in [0.15, 0.2) is 18.2 Å². The van der Waals surface area contributed by atoms with Gasteiger partial charge in [0.2, 0.25) is 0 Å². The Hall–Kier alpha value is -1.79. The summed E-state index contributed by atoms with van der Waals surface area (Å²) in [4.78, 5) is 13.3. The number of nitrogens with zero attached hydrogens (tertiary/aromatic N) is 1. The lowest BCUT2D eigenvalue weighted by molar-refractivity contribution is -0.133. The molecule has 1 atom stereocenters.